The van der Waals surface area contributed by atoms with Gasteiger partial charge in [-0.1, -0.05) is 51.2 Å². The number of hydrogen-bond acceptors (Lipinski definition) is 4. The summed E-state index contributed by atoms with van der Waals surface area (Å²) in [5.74, 6) is 2.19. The van der Waals surface area contributed by atoms with E-state index in [0.29, 0.717) is 17.5 Å². The van der Waals surface area contributed by atoms with Gasteiger partial charge in [0.05, 0.1) is 0 Å². The Kier molecular flexibility index (Phi) is 11.0. The fraction of sp³-hybridized carbons (Fsp3) is 0.633. The molecular weight excluding hydrogens is 466 g/mol. The molecule has 37 heavy (non-hydrogen) atoms. The van der Waals surface area contributed by atoms with Gasteiger partial charge in [-0.25, -0.2) is 4.79 Å². The number of carbonyl (C=O) groups is 3. The van der Waals surface area contributed by atoms with E-state index in [9.17, 15) is 14.4 Å². The summed E-state index contributed by atoms with van der Waals surface area (Å²) >= 11 is 0. The molecule has 0 saturated heterocycles. The number of carbonyl (C=O) groups excluding carboxylic acids is 3. The molecule has 0 radical (unpaired) electrons. The standard InChI is InChI=1S/C30H45N3O4/c1-9-22-15-17-23(18-16-22)26(27(34)31-24-13-11-10-12-14-24)33(21(4)5)28(35)25(19-20(2)3)32-29(36)37-30(6,7)8/h1,15-18,20-21,24-26H,10-14,19H2,2-8H3,(H,31,34)(H,32,36). The third kappa shape index (κ3) is 9.42. The van der Waals surface area contributed by atoms with Crippen LogP contribution in [0.15, 0.2) is 24.3 Å². The Bertz CT molecular complexity index is 951. The Morgan fingerprint density at radius 1 is 1.05 bits per heavy atom. The van der Waals surface area contributed by atoms with Gasteiger partial charge in [0.1, 0.15) is 17.7 Å². The Hall–Kier alpha value is -3.01. The summed E-state index contributed by atoms with van der Waals surface area (Å²) in [7, 11) is 0. The van der Waals surface area contributed by atoms with E-state index in [1.165, 1.54) is 6.42 Å². The van der Waals surface area contributed by atoms with Gasteiger partial charge in [0, 0.05) is 17.6 Å². The molecule has 7 nitrogen and oxygen atoms in total. The van der Waals surface area contributed by atoms with Crippen LogP contribution in [0.1, 0.15) is 104 Å². The Morgan fingerprint density at radius 2 is 1.65 bits per heavy atom. The van der Waals surface area contributed by atoms with Gasteiger partial charge in [-0.15, -0.1) is 6.42 Å². The first-order valence-electron chi connectivity index (χ1n) is 13.5. The second kappa shape index (κ2) is 13.5. The van der Waals surface area contributed by atoms with Crippen molar-refractivity contribution in [2.24, 2.45) is 5.92 Å². The molecule has 1 saturated carbocycles. The second-order valence-corrected chi connectivity index (χ2v) is 11.7. The van der Waals surface area contributed by atoms with Gasteiger partial charge < -0.3 is 20.3 Å². The first-order valence-corrected chi connectivity index (χ1v) is 13.5. The summed E-state index contributed by atoms with van der Waals surface area (Å²) in [4.78, 5) is 42.2. The predicted molar refractivity (Wildman–Crippen MR) is 147 cm³/mol. The number of nitrogens with zero attached hydrogens (tertiary/aromatic N) is 1. The molecule has 1 aromatic rings. The van der Waals surface area contributed by atoms with Gasteiger partial charge in [0.15, 0.2) is 0 Å². The van der Waals surface area contributed by atoms with Crippen LogP contribution in [0.3, 0.4) is 0 Å². The molecule has 2 unspecified atom stereocenters. The summed E-state index contributed by atoms with van der Waals surface area (Å²) in [5.41, 5.74) is 0.672. The maximum Gasteiger partial charge on any atom is 0.408 e. The van der Waals surface area contributed by atoms with Gasteiger partial charge in [-0.2, -0.15) is 0 Å². The molecule has 2 atom stereocenters. The van der Waals surface area contributed by atoms with Crippen LogP contribution in [-0.4, -0.2) is 46.5 Å². The third-order valence-electron chi connectivity index (χ3n) is 6.38. The molecule has 3 amide bonds. The normalized spacial score (nSPS) is 16.0. The Morgan fingerprint density at radius 3 is 2.14 bits per heavy atom. The molecule has 1 aromatic carbocycles. The lowest BCUT2D eigenvalue weighted by Gasteiger charge is -2.38. The number of alkyl carbamates (subject to hydrolysis) is 1. The highest BCUT2D eigenvalue weighted by Crippen LogP contribution is 2.28. The van der Waals surface area contributed by atoms with Crippen molar-refractivity contribution < 1.29 is 19.1 Å². The maximum atomic E-state index is 14.1. The van der Waals surface area contributed by atoms with E-state index < -0.39 is 23.8 Å². The van der Waals surface area contributed by atoms with Crippen molar-refractivity contribution in [2.45, 2.75) is 117 Å². The molecular formula is C30H45N3O4. The highest BCUT2D eigenvalue weighted by atomic mass is 16.6. The monoisotopic (exact) mass is 511 g/mol. The number of amides is 3. The average Bonchev–Trinajstić information content (AvgIpc) is 2.80. The zero-order valence-corrected chi connectivity index (χ0v) is 23.6. The van der Waals surface area contributed by atoms with Crippen LogP contribution in [0.25, 0.3) is 0 Å². The Labute approximate surface area is 223 Å². The van der Waals surface area contributed by atoms with E-state index in [0.717, 1.165) is 25.7 Å². The maximum absolute atomic E-state index is 14.1. The summed E-state index contributed by atoms with van der Waals surface area (Å²) in [6.07, 6.45) is 10.5. The average molecular weight is 512 g/mol. The lowest BCUT2D eigenvalue weighted by Crippen LogP contribution is -2.56. The number of benzene rings is 1. The summed E-state index contributed by atoms with van der Waals surface area (Å²) in [5, 5.41) is 5.98. The minimum Gasteiger partial charge on any atom is -0.444 e. The van der Waals surface area contributed by atoms with Gasteiger partial charge in [0.25, 0.3) is 0 Å². The highest BCUT2D eigenvalue weighted by Gasteiger charge is 2.38. The van der Waals surface area contributed by atoms with Gasteiger partial charge in [-0.05, 0) is 77.5 Å². The van der Waals surface area contributed by atoms with Crippen molar-refractivity contribution in [3.05, 3.63) is 35.4 Å². The minimum absolute atomic E-state index is 0.0872. The van der Waals surface area contributed by atoms with E-state index in [1.54, 1.807) is 37.8 Å². The zero-order valence-electron chi connectivity index (χ0n) is 23.6. The van der Waals surface area contributed by atoms with Crippen LogP contribution in [0, 0.1) is 18.3 Å². The van der Waals surface area contributed by atoms with Crippen molar-refractivity contribution in [1.82, 2.24) is 15.5 Å². The summed E-state index contributed by atoms with van der Waals surface area (Å²) in [6.45, 7) is 13.1. The quantitative estimate of drug-likeness (QED) is 0.439. The van der Waals surface area contributed by atoms with E-state index >= 15 is 0 Å². The predicted octanol–water partition coefficient (Wildman–Crippen LogP) is 5.33. The van der Waals surface area contributed by atoms with Crippen molar-refractivity contribution in [3.63, 3.8) is 0 Å². The van der Waals surface area contributed by atoms with Crippen LogP contribution in [0.4, 0.5) is 4.79 Å². The largest absolute Gasteiger partial charge is 0.444 e. The van der Waals surface area contributed by atoms with Gasteiger partial charge in [-0.3, -0.25) is 9.59 Å². The molecule has 2 rings (SSSR count). The van der Waals surface area contributed by atoms with Crippen LogP contribution in [0.5, 0.6) is 0 Å². The van der Waals surface area contributed by atoms with E-state index in [-0.39, 0.29) is 29.8 Å². The molecule has 0 bridgehead atoms. The van der Waals surface area contributed by atoms with E-state index in [1.807, 2.05) is 39.8 Å². The number of nitrogens with one attached hydrogen (secondary N) is 2. The fourth-order valence-electron chi connectivity index (χ4n) is 4.73. The SMILES string of the molecule is C#Cc1ccc(C(C(=O)NC2CCCCC2)N(C(=O)C(CC(C)C)NC(=O)OC(C)(C)C)C(C)C)cc1. The minimum atomic E-state index is -0.864. The fourth-order valence-corrected chi connectivity index (χ4v) is 4.73. The first kappa shape index (κ1) is 30.2. The van der Waals surface area contributed by atoms with Crippen LogP contribution >= 0.6 is 0 Å². The number of ether oxygens (including phenoxy) is 1. The third-order valence-corrected chi connectivity index (χ3v) is 6.38. The number of rotatable bonds is 9. The van der Waals surface area contributed by atoms with Crippen molar-refractivity contribution in [2.75, 3.05) is 0 Å². The molecule has 0 aliphatic heterocycles. The topological polar surface area (TPSA) is 87.7 Å². The number of hydrogen-bond donors (Lipinski definition) is 2. The lowest BCUT2D eigenvalue weighted by molar-refractivity contribution is -0.145. The van der Waals surface area contributed by atoms with Gasteiger partial charge >= 0.3 is 6.09 Å². The van der Waals surface area contributed by atoms with Crippen molar-refractivity contribution >= 4 is 17.9 Å². The second-order valence-electron chi connectivity index (χ2n) is 11.7. The smallest absolute Gasteiger partial charge is 0.408 e. The van der Waals surface area contributed by atoms with E-state index in [4.69, 9.17) is 11.2 Å². The van der Waals surface area contributed by atoms with Crippen molar-refractivity contribution in [1.29, 1.82) is 0 Å². The highest BCUT2D eigenvalue weighted by molar-refractivity contribution is 5.92. The molecule has 204 valence electrons. The lowest BCUT2D eigenvalue weighted by atomic mass is 9.94. The molecule has 0 spiro atoms. The van der Waals surface area contributed by atoms with Crippen LogP contribution < -0.4 is 10.6 Å². The molecule has 1 fully saturated rings. The molecule has 1 aliphatic carbocycles. The first-order chi connectivity index (χ1) is 17.3. The Balaban J connectivity index is 2.45. The molecule has 0 heterocycles. The molecule has 2 N–H and O–H groups in total. The molecule has 7 heteroatoms. The van der Waals surface area contributed by atoms with Gasteiger partial charge in [0.2, 0.25) is 11.8 Å². The summed E-state index contributed by atoms with van der Waals surface area (Å²) < 4.78 is 5.44. The number of terminal acetylenes is 1. The molecule has 1 aliphatic rings. The van der Waals surface area contributed by atoms with Crippen LogP contribution in [-0.2, 0) is 14.3 Å². The zero-order chi connectivity index (χ0) is 27.8. The van der Waals surface area contributed by atoms with E-state index in [2.05, 4.69) is 16.6 Å². The summed E-state index contributed by atoms with van der Waals surface area (Å²) in [6, 6.07) is 5.25. The van der Waals surface area contributed by atoms with Crippen molar-refractivity contribution in [3.8, 4) is 12.3 Å². The van der Waals surface area contributed by atoms with Crippen LogP contribution in [0.2, 0.25) is 0 Å². The molecule has 0 aromatic heterocycles.